The van der Waals surface area contributed by atoms with E-state index in [1.807, 2.05) is 0 Å². The Morgan fingerprint density at radius 1 is 0.451 bits per heavy atom. The van der Waals surface area contributed by atoms with Gasteiger partial charge in [-0.15, -0.1) is 0 Å². The van der Waals surface area contributed by atoms with Crippen LogP contribution < -0.4 is 26.6 Å². The predicted molar refractivity (Wildman–Crippen MR) is 193 cm³/mol. The van der Waals surface area contributed by atoms with Crippen molar-refractivity contribution in [1.29, 1.82) is 0 Å². The number of hydrogen-bond acceptors (Lipinski definition) is 11. The molecule has 2 rings (SSSR count). The Balaban J connectivity index is 2.21. The maximum Gasteiger partial charge on any atom is 0.414 e. The van der Waals surface area contributed by atoms with Gasteiger partial charge >= 0.3 is 24.4 Å². The zero-order valence-corrected chi connectivity index (χ0v) is 31.2. The molecule has 5 N–H and O–H groups in total. The summed E-state index contributed by atoms with van der Waals surface area (Å²) in [6, 6.07) is 12.3. The number of nitrogens with zero attached hydrogens (tertiary/aromatic N) is 2. The van der Waals surface area contributed by atoms with Gasteiger partial charge in [-0.05, 0) is 132 Å². The van der Waals surface area contributed by atoms with Crippen LogP contribution >= 0.6 is 0 Å². The molecule has 0 heterocycles. The van der Waals surface area contributed by atoms with Crippen LogP contribution in [0.5, 0.6) is 0 Å². The SMILES string of the molecule is CC(C)(C)OC(=O)NC(=Nc1ccc(NC(=O)c2ccc(N=C(NC(=O)OC(C)(C)C)NC(=O)OC(C)(C)C)cc2)cc1)NC(=O)OC(C)(C)C. The van der Waals surface area contributed by atoms with Gasteiger partial charge in [0.1, 0.15) is 22.4 Å². The minimum atomic E-state index is -0.847. The van der Waals surface area contributed by atoms with Crippen molar-refractivity contribution < 1.29 is 42.9 Å². The molecule has 0 saturated carbocycles. The number of carbonyl (C=O) groups is 5. The first-order chi connectivity index (χ1) is 23.2. The van der Waals surface area contributed by atoms with Crippen molar-refractivity contribution in [2.24, 2.45) is 9.98 Å². The molecule has 0 saturated heterocycles. The average Bonchev–Trinajstić information content (AvgIpc) is 2.90. The molecule has 0 aliphatic heterocycles. The van der Waals surface area contributed by atoms with Crippen molar-refractivity contribution in [1.82, 2.24) is 21.3 Å². The van der Waals surface area contributed by atoms with Gasteiger partial charge in [0.25, 0.3) is 5.91 Å². The van der Waals surface area contributed by atoms with Crippen molar-refractivity contribution in [3.05, 3.63) is 54.1 Å². The molecular weight excluding hydrogens is 662 g/mol. The van der Waals surface area contributed by atoms with E-state index >= 15 is 0 Å². The zero-order valence-electron chi connectivity index (χ0n) is 31.2. The number of ether oxygens (including phenoxy) is 4. The summed E-state index contributed by atoms with van der Waals surface area (Å²) in [5, 5.41) is 12.4. The lowest BCUT2D eigenvalue weighted by Crippen LogP contribution is -2.47. The van der Waals surface area contributed by atoms with Crippen LogP contribution in [0.15, 0.2) is 58.5 Å². The van der Waals surface area contributed by atoms with E-state index in [4.69, 9.17) is 18.9 Å². The number of rotatable bonds is 4. The van der Waals surface area contributed by atoms with Crippen LogP contribution in [0.4, 0.5) is 36.2 Å². The Morgan fingerprint density at radius 2 is 0.725 bits per heavy atom. The molecule has 0 bridgehead atoms. The second kappa shape index (κ2) is 16.8. The molecule has 278 valence electrons. The lowest BCUT2D eigenvalue weighted by molar-refractivity contribution is 0.0521. The first-order valence-electron chi connectivity index (χ1n) is 15.9. The van der Waals surface area contributed by atoms with Gasteiger partial charge in [-0.3, -0.25) is 26.1 Å². The molecule has 5 amide bonds. The fourth-order valence-electron chi connectivity index (χ4n) is 3.54. The summed E-state index contributed by atoms with van der Waals surface area (Å²) in [5.74, 6) is -0.924. The van der Waals surface area contributed by atoms with Gasteiger partial charge in [-0.1, -0.05) is 0 Å². The summed E-state index contributed by atoms with van der Waals surface area (Å²) in [6.45, 7) is 20.3. The number of hydrogen-bond donors (Lipinski definition) is 5. The number of aliphatic imine (C=N–C) groups is 2. The molecular formula is C35H49N7O9. The molecule has 0 fully saturated rings. The van der Waals surface area contributed by atoms with Gasteiger partial charge in [0.05, 0.1) is 11.4 Å². The highest BCUT2D eigenvalue weighted by atomic mass is 16.6. The zero-order chi connectivity index (χ0) is 38.8. The minimum absolute atomic E-state index is 0.233. The number of guanidine groups is 2. The summed E-state index contributed by atoms with van der Waals surface area (Å²) in [7, 11) is 0. The maximum absolute atomic E-state index is 13.0. The molecule has 2 aromatic carbocycles. The lowest BCUT2D eigenvalue weighted by atomic mass is 10.2. The van der Waals surface area contributed by atoms with Crippen molar-refractivity contribution in [3.8, 4) is 0 Å². The fourth-order valence-corrected chi connectivity index (χ4v) is 3.54. The van der Waals surface area contributed by atoms with Gasteiger partial charge in [0.2, 0.25) is 11.9 Å². The third-order valence-corrected chi connectivity index (χ3v) is 5.21. The number of carbonyl (C=O) groups excluding carboxylic acids is 5. The number of anilines is 1. The third kappa shape index (κ3) is 18.1. The smallest absolute Gasteiger partial charge is 0.414 e. The largest absolute Gasteiger partial charge is 0.444 e. The topological polar surface area (TPSA) is 207 Å². The van der Waals surface area contributed by atoms with E-state index in [0.29, 0.717) is 17.1 Å². The highest BCUT2D eigenvalue weighted by Gasteiger charge is 2.23. The molecule has 0 aliphatic carbocycles. The average molecular weight is 712 g/mol. The summed E-state index contributed by atoms with van der Waals surface area (Å²) in [6.07, 6.45) is -3.37. The highest BCUT2D eigenvalue weighted by Crippen LogP contribution is 2.19. The second-order valence-corrected chi connectivity index (χ2v) is 15.0. The molecule has 0 radical (unpaired) electrons. The van der Waals surface area contributed by atoms with Crippen molar-refractivity contribution in [3.63, 3.8) is 0 Å². The molecule has 0 aliphatic rings. The van der Waals surface area contributed by atoms with E-state index in [2.05, 4.69) is 36.6 Å². The van der Waals surface area contributed by atoms with Crippen molar-refractivity contribution in [2.45, 2.75) is 105 Å². The summed E-state index contributed by atoms with van der Waals surface area (Å²) >= 11 is 0. The first-order valence-corrected chi connectivity index (χ1v) is 15.9. The first kappa shape index (κ1) is 41.5. The molecule has 0 spiro atoms. The van der Waals surface area contributed by atoms with Crippen LogP contribution in [-0.2, 0) is 18.9 Å². The number of benzene rings is 2. The van der Waals surface area contributed by atoms with Crippen LogP contribution in [0.2, 0.25) is 0 Å². The molecule has 51 heavy (non-hydrogen) atoms. The molecule has 16 heteroatoms. The molecule has 16 nitrogen and oxygen atoms in total. The third-order valence-electron chi connectivity index (χ3n) is 5.21. The van der Waals surface area contributed by atoms with Crippen LogP contribution in [-0.4, -0.2) is 64.6 Å². The fraction of sp³-hybridized carbons (Fsp3) is 0.457. The van der Waals surface area contributed by atoms with Gasteiger partial charge in [-0.2, -0.15) is 0 Å². The molecule has 0 aromatic heterocycles. The van der Waals surface area contributed by atoms with E-state index in [1.54, 1.807) is 107 Å². The maximum atomic E-state index is 13.0. The quantitative estimate of drug-likeness (QED) is 0.125. The van der Waals surface area contributed by atoms with Gasteiger partial charge in [0.15, 0.2) is 0 Å². The summed E-state index contributed by atoms with van der Waals surface area (Å²) in [4.78, 5) is 71.1. The van der Waals surface area contributed by atoms with Crippen LogP contribution in [0, 0.1) is 0 Å². The van der Waals surface area contributed by atoms with E-state index < -0.39 is 52.7 Å². The van der Waals surface area contributed by atoms with Gasteiger partial charge in [-0.25, -0.2) is 29.2 Å². The van der Waals surface area contributed by atoms with E-state index in [9.17, 15) is 24.0 Å². The Morgan fingerprint density at radius 3 is 1.00 bits per heavy atom. The lowest BCUT2D eigenvalue weighted by Gasteiger charge is -2.22. The molecule has 0 unspecified atom stereocenters. The normalized spacial score (nSPS) is 11.5. The number of amides is 5. The van der Waals surface area contributed by atoms with E-state index in [1.165, 1.54) is 24.3 Å². The highest BCUT2D eigenvalue weighted by molar-refractivity contribution is 6.05. The minimum Gasteiger partial charge on any atom is -0.444 e. The van der Waals surface area contributed by atoms with Crippen LogP contribution in [0.1, 0.15) is 93.4 Å². The predicted octanol–water partition coefficient (Wildman–Crippen LogP) is 7.01. The molecule has 0 atom stereocenters. The van der Waals surface area contributed by atoms with E-state index in [-0.39, 0.29) is 17.5 Å². The Hall–Kier alpha value is -5.67. The Bertz CT molecular complexity index is 1560. The second-order valence-electron chi connectivity index (χ2n) is 15.0. The Kier molecular flexibility index (Phi) is 13.7. The summed E-state index contributed by atoms with van der Waals surface area (Å²) < 4.78 is 21.0. The number of alkyl carbamates (subject to hydrolysis) is 4. The van der Waals surface area contributed by atoms with E-state index in [0.717, 1.165) is 0 Å². The van der Waals surface area contributed by atoms with Crippen LogP contribution in [0.25, 0.3) is 0 Å². The van der Waals surface area contributed by atoms with Crippen molar-refractivity contribution in [2.75, 3.05) is 5.32 Å². The van der Waals surface area contributed by atoms with Crippen LogP contribution in [0.3, 0.4) is 0 Å². The number of nitrogens with one attached hydrogen (secondary N) is 5. The van der Waals surface area contributed by atoms with Gasteiger partial charge < -0.3 is 24.3 Å². The molecule has 2 aromatic rings. The summed E-state index contributed by atoms with van der Waals surface area (Å²) in [5.41, 5.74) is -1.86. The van der Waals surface area contributed by atoms with Gasteiger partial charge in [0, 0.05) is 11.3 Å². The monoisotopic (exact) mass is 711 g/mol. The standard InChI is InChI=1S/C35H49N7O9/c1-32(2,3)48-28(44)39-26(40-29(45)49-33(4,5)6)37-23-15-13-21(14-16-23)25(43)36-22-17-19-24(20-18-22)38-27(41-30(46)50-34(7,8)9)42-31(47)51-35(10,11)12/h13-20H,1-12H3,(H,36,43)(H2,37,39,40,44,45)(H2,38,41,42,46,47). The Labute approximate surface area is 298 Å². The van der Waals surface area contributed by atoms with Crippen molar-refractivity contribution >= 4 is 59.3 Å².